The second-order valence-corrected chi connectivity index (χ2v) is 3.12. The minimum atomic E-state index is 0.587. The highest BCUT2D eigenvalue weighted by atomic mass is 15.4. The summed E-state index contributed by atoms with van der Waals surface area (Å²) in [4.78, 5) is 0. The molecule has 0 fully saturated rings. The molecule has 0 atom stereocenters. The number of hydrogen-bond donors (Lipinski definition) is 1. The highest BCUT2D eigenvalue weighted by Crippen LogP contribution is 2.04. The minimum Gasteiger partial charge on any atom is -0.326 e. The van der Waals surface area contributed by atoms with Gasteiger partial charge in [-0.05, 0) is 11.1 Å². The molecule has 0 spiro atoms. The van der Waals surface area contributed by atoms with E-state index in [-0.39, 0.29) is 0 Å². The summed E-state index contributed by atoms with van der Waals surface area (Å²) in [5.41, 5.74) is 7.86. The van der Waals surface area contributed by atoms with E-state index in [4.69, 9.17) is 5.73 Å². The Kier molecular flexibility index (Phi) is 2.55. The van der Waals surface area contributed by atoms with Crippen molar-refractivity contribution >= 4 is 0 Å². The Hall–Kier alpha value is -1.68. The van der Waals surface area contributed by atoms with Crippen LogP contribution in [0.1, 0.15) is 11.1 Å². The molecule has 0 aliphatic carbocycles. The molecular formula is C10H12N4. The Bertz CT molecular complexity index is 377. The Morgan fingerprint density at radius 2 is 1.86 bits per heavy atom. The SMILES string of the molecule is NCc1ccc(Cn2ccnn2)cc1. The van der Waals surface area contributed by atoms with Crippen LogP contribution >= 0.6 is 0 Å². The van der Waals surface area contributed by atoms with Crippen LogP contribution in [0.5, 0.6) is 0 Å². The van der Waals surface area contributed by atoms with Crippen LogP contribution in [-0.4, -0.2) is 15.0 Å². The molecule has 1 aromatic carbocycles. The van der Waals surface area contributed by atoms with E-state index in [9.17, 15) is 0 Å². The zero-order valence-corrected chi connectivity index (χ0v) is 7.80. The van der Waals surface area contributed by atoms with Crippen molar-refractivity contribution in [3.63, 3.8) is 0 Å². The van der Waals surface area contributed by atoms with E-state index in [2.05, 4.69) is 22.4 Å². The van der Waals surface area contributed by atoms with Gasteiger partial charge < -0.3 is 5.73 Å². The first-order valence-electron chi connectivity index (χ1n) is 4.50. The zero-order chi connectivity index (χ0) is 9.80. The maximum Gasteiger partial charge on any atom is 0.0693 e. The van der Waals surface area contributed by atoms with Crippen molar-refractivity contribution in [3.8, 4) is 0 Å². The van der Waals surface area contributed by atoms with Crippen LogP contribution in [-0.2, 0) is 13.1 Å². The topological polar surface area (TPSA) is 56.7 Å². The van der Waals surface area contributed by atoms with Gasteiger partial charge in [-0.25, -0.2) is 4.68 Å². The van der Waals surface area contributed by atoms with E-state index >= 15 is 0 Å². The molecule has 0 unspecified atom stereocenters. The maximum absolute atomic E-state index is 5.51. The van der Waals surface area contributed by atoms with Gasteiger partial charge in [-0.1, -0.05) is 29.5 Å². The Labute approximate surface area is 82.4 Å². The van der Waals surface area contributed by atoms with Crippen molar-refractivity contribution < 1.29 is 0 Å². The lowest BCUT2D eigenvalue weighted by Crippen LogP contribution is -2.01. The molecule has 14 heavy (non-hydrogen) atoms. The maximum atomic E-state index is 5.51. The second-order valence-electron chi connectivity index (χ2n) is 3.12. The molecule has 2 aromatic rings. The van der Waals surface area contributed by atoms with Gasteiger partial charge in [0.25, 0.3) is 0 Å². The molecule has 0 saturated heterocycles. The van der Waals surface area contributed by atoms with E-state index in [1.807, 2.05) is 18.3 Å². The minimum absolute atomic E-state index is 0.587. The summed E-state index contributed by atoms with van der Waals surface area (Å²) in [7, 11) is 0. The van der Waals surface area contributed by atoms with E-state index in [1.165, 1.54) is 5.56 Å². The molecular weight excluding hydrogens is 176 g/mol. The fourth-order valence-electron chi connectivity index (χ4n) is 1.28. The fourth-order valence-corrected chi connectivity index (χ4v) is 1.28. The largest absolute Gasteiger partial charge is 0.326 e. The summed E-state index contributed by atoms with van der Waals surface area (Å²) in [6.45, 7) is 1.34. The summed E-state index contributed by atoms with van der Waals surface area (Å²) in [6.07, 6.45) is 3.52. The average molecular weight is 188 g/mol. The van der Waals surface area contributed by atoms with Crippen LogP contribution in [0.3, 0.4) is 0 Å². The van der Waals surface area contributed by atoms with Crippen LogP contribution in [0.25, 0.3) is 0 Å². The highest BCUT2D eigenvalue weighted by molar-refractivity contribution is 5.22. The van der Waals surface area contributed by atoms with Gasteiger partial charge in [-0.2, -0.15) is 0 Å². The third kappa shape index (κ3) is 1.97. The molecule has 2 N–H and O–H groups in total. The number of nitrogens with two attached hydrogens (primary N) is 1. The molecule has 1 heterocycles. The van der Waals surface area contributed by atoms with Crippen molar-refractivity contribution in [1.29, 1.82) is 0 Å². The van der Waals surface area contributed by atoms with Crippen molar-refractivity contribution in [2.45, 2.75) is 13.1 Å². The second kappa shape index (κ2) is 4.02. The molecule has 0 aliphatic heterocycles. The monoisotopic (exact) mass is 188 g/mol. The van der Waals surface area contributed by atoms with Gasteiger partial charge in [0, 0.05) is 12.7 Å². The number of nitrogens with zero attached hydrogens (tertiary/aromatic N) is 3. The quantitative estimate of drug-likeness (QED) is 0.774. The van der Waals surface area contributed by atoms with Crippen molar-refractivity contribution in [3.05, 3.63) is 47.8 Å². The van der Waals surface area contributed by atoms with Gasteiger partial charge in [-0.15, -0.1) is 5.10 Å². The molecule has 4 nitrogen and oxygen atoms in total. The van der Waals surface area contributed by atoms with E-state index in [0.717, 1.165) is 12.1 Å². The van der Waals surface area contributed by atoms with Crippen LogP contribution in [0.2, 0.25) is 0 Å². The predicted octanol–water partition coefficient (Wildman–Crippen LogP) is 0.785. The first-order valence-corrected chi connectivity index (χ1v) is 4.50. The van der Waals surface area contributed by atoms with Gasteiger partial charge in [0.15, 0.2) is 0 Å². The summed E-state index contributed by atoms with van der Waals surface area (Å²) < 4.78 is 1.79. The lowest BCUT2D eigenvalue weighted by molar-refractivity contribution is 0.649. The van der Waals surface area contributed by atoms with E-state index in [0.29, 0.717) is 6.54 Å². The van der Waals surface area contributed by atoms with Crippen molar-refractivity contribution in [2.75, 3.05) is 0 Å². The van der Waals surface area contributed by atoms with E-state index in [1.54, 1.807) is 10.9 Å². The highest BCUT2D eigenvalue weighted by Gasteiger charge is 1.95. The fraction of sp³-hybridized carbons (Fsp3) is 0.200. The number of hydrogen-bond acceptors (Lipinski definition) is 3. The summed E-state index contributed by atoms with van der Waals surface area (Å²) >= 11 is 0. The number of rotatable bonds is 3. The van der Waals surface area contributed by atoms with Gasteiger partial charge in [0.1, 0.15) is 0 Å². The third-order valence-electron chi connectivity index (χ3n) is 2.08. The van der Waals surface area contributed by atoms with Gasteiger partial charge >= 0.3 is 0 Å². The summed E-state index contributed by atoms with van der Waals surface area (Å²) in [6, 6.07) is 8.19. The average Bonchev–Trinajstić information content (AvgIpc) is 2.72. The molecule has 0 amide bonds. The van der Waals surface area contributed by atoms with Crippen LogP contribution in [0.4, 0.5) is 0 Å². The first-order chi connectivity index (χ1) is 6.88. The Balaban J connectivity index is 2.10. The Morgan fingerprint density at radius 3 is 2.43 bits per heavy atom. The lowest BCUT2D eigenvalue weighted by Gasteiger charge is -2.02. The third-order valence-corrected chi connectivity index (χ3v) is 2.08. The molecule has 2 rings (SSSR count). The Morgan fingerprint density at radius 1 is 1.14 bits per heavy atom. The van der Waals surface area contributed by atoms with Crippen LogP contribution < -0.4 is 5.73 Å². The number of aromatic nitrogens is 3. The lowest BCUT2D eigenvalue weighted by atomic mass is 10.1. The summed E-state index contributed by atoms with van der Waals surface area (Å²) in [5, 5.41) is 7.64. The van der Waals surface area contributed by atoms with Crippen LogP contribution in [0, 0.1) is 0 Å². The van der Waals surface area contributed by atoms with Gasteiger partial charge in [0.05, 0.1) is 12.7 Å². The molecule has 4 heteroatoms. The summed E-state index contributed by atoms with van der Waals surface area (Å²) in [5.74, 6) is 0. The normalized spacial score (nSPS) is 10.4. The van der Waals surface area contributed by atoms with Crippen molar-refractivity contribution in [1.82, 2.24) is 15.0 Å². The number of benzene rings is 1. The standard InChI is InChI=1S/C10H12N4/c11-7-9-1-3-10(4-2-9)8-14-6-5-12-13-14/h1-6H,7-8,11H2. The molecule has 1 aromatic heterocycles. The smallest absolute Gasteiger partial charge is 0.0693 e. The molecule has 72 valence electrons. The van der Waals surface area contributed by atoms with Gasteiger partial charge in [0.2, 0.25) is 0 Å². The molecule has 0 bridgehead atoms. The first kappa shape index (κ1) is 8.90. The molecule has 0 aliphatic rings. The van der Waals surface area contributed by atoms with E-state index < -0.39 is 0 Å². The molecule has 0 saturated carbocycles. The predicted molar refractivity (Wildman–Crippen MR) is 53.5 cm³/mol. The molecule has 0 radical (unpaired) electrons. The van der Waals surface area contributed by atoms with Crippen LogP contribution in [0.15, 0.2) is 36.7 Å². The van der Waals surface area contributed by atoms with Gasteiger partial charge in [-0.3, -0.25) is 0 Å². The zero-order valence-electron chi connectivity index (χ0n) is 7.80. The van der Waals surface area contributed by atoms with Crippen molar-refractivity contribution in [2.24, 2.45) is 5.73 Å².